The Morgan fingerprint density at radius 2 is 1.59 bits per heavy atom. The van der Waals surface area contributed by atoms with E-state index in [0.717, 1.165) is 5.92 Å². The third kappa shape index (κ3) is 2.10. The van der Waals surface area contributed by atoms with Gasteiger partial charge in [0.2, 0.25) is 0 Å². The van der Waals surface area contributed by atoms with E-state index in [4.69, 9.17) is 0 Å². The second-order valence-electron chi connectivity index (χ2n) is 6.73. The highest BCUT2D eigenvalue weighted by Gasteiger charge is 2.53. The molecular weight excluding hydrogens is 268 g/mol. The van der Waals surface area contributed by atoms with Crippen molar-refractivity contribution in [2.24, 2.45) is 5.92 Å². The molecule has 4 rings (SSSR count). The fourth-order valence-corrected chi connectivity index (χ4v) is 4.67. The van der Waals surface area contributed by atoms with E-state index in [0.29, 0.717) is 5.92 Å². The highest BCUT2D eigenvalue weighted by molar-refractivity contribution is 5.37. The van der Waals surface area contributed by atoms with E-state index in [2.05, 4.69) is 77.9 Å². The van der Waals surface area contributed by atoms with Crippen LogP contribution in [0.15, 0.2) is 60.7 Å². The van der Waals surface area contributed by atoms with Gasteiger partial charge in [0, 0.05) is 19.0 Å². The number of hydrogen-bond acceptors (Lipinski definition) is 2. The largest absolute Gasteiger partial charge is 0.301 e. The molecule has 2 heterocycles. The topological polar surface area (TPSA) is 15.3 Å². The van der Waals surface area contributed by atoms with E-state index in [1.807, 2.05) is 0 Å². The second-order valence-corrected chi connectivity index (χ2v) is 6.73. The molecule has 2 aliphatic rings. The van der Waals surface area contributed by atoms with Crippen LogP contribution in [-0.2, 0) is 0 Å². The van der Waals surface area contributed by atoms with Gasteiger partial charge in [-0.15, -0.1) is 0 Å². The molecule has 2 heteroatoms. The van der Waals surface area contributed by atoms with E-state index in [1.165, 1.54) is 37.1 Å². The fraction of sp³-hybridized carbons (Fsp3) is 0.400. The molecule has 0 saturated carbocycles. The summed E-state index contributed by atoms with van der Waals surface area (Å²) in [5, 5.41) is 3.73. The van der Waals surface area contributed by atoms with Crippen molar-refractivity contribution < 1.29 is 0 Å². The van der Waals surface area contributed by atoms with Gasteiger partial charge in [-0.05, 0) is 36.9 Å². The van der Waals surface area contributed by atoms with Crippen LogP contribution in [0.5, 0.6) is 0 Å². The Labute approximate surface area is 133 Å². The molecule has 114 valence electrons. The molecule has 2 aromatic carbocycles. The first kappa shape index (κ1) is 14.0. The van der Waals surface area contributed by atoms with Gasteiger partial charge in [0.1, 0.15) is 0 Å². The summed E-state index contributed by atoms with van der Waals surface area (Å²) in [7, 11) is 2.14. The number of fused-ring (bicyclic) bond motifs is 2. The van der Waals surface area contributed by atoms with Crippen molar-refractivity contribution in [3.63, 3.8) is 0 Å². The van der Waals surface area contributed by atoms with Crippen molar-refractivity contribution in [3.05, 3.63) is 71.8 Å². The van der Waals surface area contributed by atoms with Crippen molar-refractivity contribution in [1.82, 2.24) is 10.2 Å². The Morgan fingerprint density at radius 1 is 1.00 bits per heavy atom. The molecule has 2 fully saturated rings. The average molecular weight is 292 g/mol. The lowest BCUT2D eigenvalue weighted by molar-refractivity contribution is 0.0836. The van der Waals surface area contributed by atoms with E-state index < -0.39 is 0 Å². The van der Waals surface area contributed by atoms with E-state index in [1.54, 1.807) is 0 Å². The third-order valence-electron chi connectivity index (χ3n) is 5.63. The summed E-state index contributed by atoms with van der Waals surface area (Å²) in [6, 6.07) is 22.0. The molecule has 0 spiro atoms. The Hall–Kier alpha value is -1.64. The van der Waals surface area contributed by atoms with Gasteiger partial charge in [-0.25, -0.2) is 0 Å². The molecule has 2 aromatic rings. The van der Waals surface area contributed by atoms with Gasteiger partial charge in [-0.2, -0.15) is 0 Å². The third-order valence-corrected chi connectivity index (χ3v) is 5.63. The molecule has 2 aliphatic heterocycles. The number of nitrogens with zero attached hydrogens (tertiary/aromatic N) is 1. The molecule has 0 aliphatic carbocycles. The van der Waals surface area contributed by atoms with Crippen molar-refractivity contribution in [1.29, 1.82) is 0 Å². The number of nitrogens with one attached hydrogen (secondary N) is 1. The number of benzene rings is 2. The molecule has 0 aromatic heterocycles. The minimum Gasteiger partial charge on any atom is -0.301 e. The fourth-order valence-electron chi connectivity index (χ4n) is 4.67. The monoisotopic (exact) mass is 292 g/mol. The summed E-state index contributed by atoms with van der Waals surface area (Å²) in [4.78, 5) is 2.68. The summed E-state index contributed by atoms with van der Waals surface area (Å²) < 4.78 is 0. The van der Waals surface area contributed by atoms with Crippen LogP contribution in [0.3, 0.4) is 0 Å². The summed E-state index contributed by atoms with van der Waals surface area (Å²) in [6.45, 7) is 2.47. The van der Waals surface area contributed by atoms with Crippen LogP contribution in [-0.4, -0.2) is 30.7 Å². The standard InChI is InChI=1S/C20H24N2/c1-21-20(14-16-12-13-22(20)15-16)19(17-8-4-2-5-9-17)18-10-6-3-7-11-18/h2-11,16,19,21H,12-15H2,1H3. The quantitative estimate of drug-likeness (QED) is 0.928. The summed E-state index contributed by atoms with van der Waals surface area (Å²) in [5.74, 6) is 1.23. The zero-order valence-electron chi connectivity index (χ0n) is 13.2. The molecule has 2 bridgehead atoms. The Balaban J connectivity index is 1.84. The number of rotatable bonds is 4. The molecule has 0 radical (unpaired) electrons. The Kier molecular flexibility index (Phi) is 3.51. The van der Waals surface area contributed by atoms with E-state index in [9.17, 15) is 0 Å². The minimum atomic E-state index is 0.0611. The summed E-state index contributed by atoms with van der Waals surface area (Å²) in [6.07, 6.45) is 2.61. The smallest absolute Gasteiger partial charge is 0.0825 e. The Morgan fingerprint density at radius 3 is 2.00 bits per heavy atom. The summed E-state index contributed by atoms with van der Waals surface area (Å²) >= 11 is 0. The van der Waals surface area contributed by atoms with Crippen LogP contribution in [0.1, 0.15) is 29.9 Å². The lowest BCUT2D eigenvalue weighted by Gasteiger charge is -2.46. The van der Waals surface area contributed by atoms with Crippen LogP contribution in [0.2, 0.25) is 0 Å². The normalized spacial score (nSPS) is 30.1. The first-order valence-corrected chi connectivity index (χ1v) is 8.37. The maximum absolute atomic E-state index is 3.73. The molecule has 2 saturated heterocycles. The van der Waals surface area contributed by atoms with Gasteiger partial charge in [-0.3, -0.25) is 4.90 Å². The lowest BCUT2D eigenvalue weighted by atomic mass is 9.76. The van der Waals surface area contributed by atoms with Crippen molar-refractivity contribution in [2.45, 2.75) is 24.4 Å². The van der Waals surface area contributed by atoms with Crippen LogP contribution in [0.25, 0.3) is 0 Å². The molecule has 1 N–H and O–H groups in total. The lowest BCUT2D eigenvalue weighted by Crippen LogP contribution is -2.58. The first-order chi connectivity index (χ1) is 10.8. The van der Waals surface area contributed by atoms with E-state index >= 15 is 0 Å². The highest BCUT2D eigenvalue weighted by Crippen LogP contribution is 2.49. The maximum Gasteiger partial charge on any atom is 0.0825 e. The second kappa shape index (κ2) is 5.53. The zero-order valence-corrected chi connectivity index (χ0v) is 13.2. The predicted octanol–water partition coefficient (Wildman–Crippen LogP) is 3.46. The van der Waals surface area contributed by atoms with Crippen molar-refractivity contribution >= 4 is 0 Å². The van der Waals surface area contributed by atoms with E-state index in [-0.39, 0.29) is 5.66 Å². The minimum absolute atomic E-state index is 0.0611. The number of hydrogen-bond donors (Lipinski definition) is 1. The average Bonchev–Trinajstić information content (AvgIpc) is 3.19. The molecular formula is C20H24N2. The van der Waals surface area contributed by atoms with Crippen LogP contribution in [0.4, 0.5) is 0 Å². The van der Waals surface area contributed by atoms with Gasteiger partial charge in [-0.1, -0.05) is 60.7 Å². The first-order valence-electron chi connectivity index (χ1n) is 8.37. The number of piperidine rings is 1. The SMILES string of the molecule is CNC1(C(c2ccccc2)c2ccccc2)CC2CCN1C2. The molecule has 0 amide bonds. The van der Waals surface area contributed by atoms with Crippen LogP contribution >= 0.6 is 0 Å². The molecule has 3 atom stereocenters. The Bertz CT molecular complexity index is 585. The zero-order chi connectivity index (χ0) is 15.0. The maximum atomic E-state index is 3.73. The highest BCUT2D eigenvalue weighted by atomic mass is 15.4. The molecule has 22 heavy (non-hydrogen) atoms. The van der Waals surface area contributed by atoms with Crippen LogP contribution in [0, 0.1) is 5.92 Å². The van der Waals surface area contributed by atoms with Crippen LogP contribution < -0.4 is 5.32 Å². The van der Waals surface area contributed by atoms with Gasteiger partial charge < -0.3 is 5.32 Å². The number of likely N-dealkylation sites (N-methyl/N-ethyl adjacent to an activating group) is 1. The van der Waals surface area contributed by atoms with Crippen molar-refractivity contribution in [2.75, 3.05) is 20.1 Å². The van der Waals surface area contributed by atoms with Gasteiger partial charge >= 0.3 is 0 Å². The summed E-state index contributed by atoms with van der Waals surface area (Å²) in [5.41, 5.74) is 2.89. The molecule has 2 nitrogen and oxygen atoms in total. The van der Waals surface area contributed by atoms with Gasteiger partial charge in [0.25, 0.3) is 0 Å². The molecule has 3 unspecified atom stereocenters. The van der Waals surface area contributed by atoms with Gasteiger partial charge in [0.15, 0.2) is 0 Å². The van der Waals surface area contributed by atoms with Gasteiger partial charge in [0.05, 0.1) is 5.66 Å². The predicted molar refractivity (Wildman–Crippen MR) is 90.8 cm³/mol. The van der Waals surface area contributed by atoms with Crippen molar-refractivity contribution in [3.8, 4) is 0 Å².